The highest BCUT2D eigenvalue weighted by molar-refractivity contribution is 5.50. The highest BCUT2D eigenvalue weighted by Gasteiger charge is 2.24. The average molecular weight is 279 g/mol. The fourth-order valence-electron chi connectivity index (χ4n) is 3.34. The molecule has 1 heteroatoms. The van der Waals surface area contributed by atoms with Gasteiger partial charge in [0.15, 0.2) is 0 Å². The van der Waals surface area contributed by atoms with Gasteiger partial charge in [0.1, 0.15) is 0 Å². The Morgan fingerprint density at radius 2 is 1.71 bits per heavy atom. The SMILES string of the molecule is CC(C)c1cccc(NC2CCC(C)c3ccccc32)c1. The van der Waals surface area contributed by atoms with Gasteiger partial charge in [-0.15, -0.1) is 0 Å². The van der Waals surface area contributed by atoms with Gasteiger partial charge in [-0.25, -0.2) is 0 Å². The first-order valence-electron chi connectivity index (χ1n) is 8.10. The predicted octanol–water partition coefficient (Wildman–Crippen LogP) is 5.86. The minimum Gasteiger partial charge on any atom is -0.378 e. The molecule has 2 aromatic carbocycles. The predicted molar refractivity (Wildman–Crippen MR) is 91.0 cm³/mol. The molecule has 0 saturated carbocycles. The number of hydrogen-bond acceptors (Lipinski definition) is 1. The van der Waals surface area contributed by atoms with Gasteiger partial charge in [0.25, 0.3) is 0 Å². The molecule has 0 fully saturated rings. The Morgan fingerprint density at radius 3 is 2.48 bits per heavy atom. The molecular formula is C20H25N. The number of rotatable bonds is 3. The van der Waals surface area contributed by atoms with Gasteiger partial charge in [-0.05, 0) is 53.5 Å². The van der Waals surface area contributed by atoms with E-state index >= 15 is 0 Å². The number of fused-ring (bicyclic) bond motifs is 1. The summed E-state index contributed by atoms with van der Waals surface area (Å²) in [4.78, 5) is 0. The summed E-state index contributed by atoms with van der Waals surface area (Å²) in [6.45, 7) is 6.84. The van der Waals surface area contributed by atoms with E-state index < -0.39 is 0 Å². The first kappa shape index (κ1) is 14.2. The molecule has 2 unspecified atom stereocenters. The van der Waals surface area contributed by atoms with Crippen LogP contribution in [0.5, 0.6) is 0 Å². The summed E-state index contributed by atoms with van der Waals surface area (Å²) < 4.78 is 0. The van der Waals surface area contributed by atoms with E-state index in [1.54, 1.807) is 0 Å². The second-order valence-electron chi connectivity index (χ2n) is 6.58. The van der Waals surface area contributed by atoms with Crippen molar-refractivity contribution in [3.63, 3.8) is 0 Å². The summed E-state index contributed by atoms with van der Waals surface area (Å²) in [5.41, 5.74) is 5.64. The molecule has 1 N–H and O–H groups in total. The molecule has 0 aliphatic heterocycles. The Labute approximate surface area is 128 Å². The number of nitrogens with one attached hydrogen (secondary N) is 1. The Hall–Kier alpha value is -1.76. The Balaban J connectivity index is 1.86. The van der Waals surface area contributed by atoms with Crippen LogP contribution in [0.1, 0.15) is 68.2 Å². The first-order chi connectivity index (χ1) is 10.1. The summed E-state index contributed by atoms with van der Waals surface area (Å²) in [7, 11) is 0. The normalized spacial score (nSPS) is 21.1. The molecule has 3 rings (SSSR count). The van der Waals surface area contributed by atoms with Gasteiger partial charge < -0.3 is 5.32 Å². The van der Waals surface area contributed by atoms with E-state index in [1.165, 1.54) is 35.2 Å². The summed E-state index contributed by atoms with van der Waals surface area (Å²) >= 11 is 0. The molecule has 1 aliphatic rings. The molecule has 0 saturated heterocycles. The molecule has 1 aliphatic carbocycles. The van der Waals surface area contributed by atoms with Crippen molar-refractivity contribution in [3.8, 4) is 0 Å². The van der Waals surface area contributed by atoms with Gasteiger partial charge in [0, 0.05) is 5.69 Å². The lowest BCUT2D eigenvalue weighted by Gasteiger charge is -2.31. The Kier molecular flexibility index (Phi) is 4.01. The fraction of sp³-hybridized carbons (Fsp3) is 0.400. The van der Waals surface area contributed by atoms with E-state index in [0.29, 0.717) is 17.9 Å². The molecule has 0 amide bonds. The third-order valence-corrected chi connectivity index (χ3v) is 4.68. The van der Waals surface area contributed by atoms with Crippen LogP contribution >= 0.6 is 0 Å². The average Bonchev–Trinajstić information content (AvgIpc) is 2.51. The maximum absolute atomic E-state index is 3.75. The van der Waals surface area contributed by atoms with Gasteiger partial charge >= 0.3 is 0 Å². The highest BCUT2D eigenvalue weighted by atomic mass is 14.9. The van der Waals surface area contributed by atoms with Crippen LogP contribution in [0.25, 0.3) is 0 Å². The second kappa shape index (κ2) is 5.93. The van der Waals surface area contributed by atoms with Gasteiger partial charge in [-0.3, -0.25) is 0 Å². The molecule has 0 aromatic heterocycles. The maximum Gasteiger partial charge on any atom is 0.0516 e. The topological polar surface area (TPSA) is 12.0 Å². The van der Waals surface area contributed by atoms with Crippen molar-refractivity contribution < 1.29 is 0 Å². The van der Waals surface area contributed by atoms with E-state index in [1.807, 2.05) is 0 Å². The molecular weight excluding hydrogens is 254 g/mol. The van der Waals surface area contributed by atoms with Crippen LogP contribution < -0.4 is 5.32 Å². The summed E-state index contributed by atoms with van der Waals surface area (Å²) in [6.07, 6.45) is 2.47. The van der Waals surface area contributed by atoms with Crippen LogP contribution in [-0.4, -0.2) is 0 Å². The molecule has 110 valence electrons. The lowest BCUT2D eigenvalue weighted by Crippen LogP contribution is -2.19. The maximum atomic E-state index is 3.75. The highest BCUT2D eigenvalue weighted by Crippen LogP contribution is 2.38. The van der Waals surface area contributed by atoms with Gasteiger partial charge in [-0.2, -0.15) is 0 Å². The molecule has 0 radical (unpaired) electrons. The summed E-state index contributed by atoms with van der Waals surface area (Å²) in [6, 6.07) is 18.2. The molecule has 0 spiro atoms. The van der Waals surface area contributed by atoms with Crippen LogP contribution in [0.2, 0.25) is 0 Å². The van der Waals surface area contributed by atoms with Crippen molar-refractivity contribution in [1.82, 2.24) is 0 Å². The molecule has 2 aromatic rings. The molecule has 21 heavy (non-hydrogen) atoms. The van der Waals surface area contributed by atoms with Crippen LogP contribution in [0.3, 0.4) is 0 Å². The molecule has 2 atom stereocenters. The van der Waals surface area contributed by atoms with Crippen molar-refractivity contribution >= 4 is 5.69 Å². The van der Waals surface area contributed by atoms with Crippen LogP contribution in [0, 0.1) is 0 Å². The minimum atomic E-state index is 0.444. The van der Waals surface area contributed by atoms with Crippen molar-refractivity contribution in [3.05, 3.63) is 65.2 Å². The van der Waals surface area contributed by atoms with Gasteiger partial charge in [0.05, 0.1) is 6.04 Å². The third kappa shape index (κ3) is 2.97. The van der Waals surface area contributed by atoms with E-state index in [0.717, 1.165) is 0 Å². The van der Waals surface area contributed by atoms with E-state index in [9.17, 15) is 0 Å². The largest absolute Gasteiger partial charge is 0.378 e. The van der Waals surface area contributed by atoms with Crippen molar-refractivity contribution in [1.29, 1.82) is 0 Å². The molecule has 1 nitrogen and oxygen atoms in total. The zero-order valence-electron chi connectivity index (χ0n) is 13.3. The second-order valence-corrected chi connectivity index (χ2v) is 6.58. The zero-order chi connectivity index (χ0) is 14.8. The van der Waals surface area contributed by atoms with Crippen molar-refractivity contribution in [2.24, 2.45) is 0 Å². The van der Waals surface area contributed by atoms with Crippen LogP contribution in [0.15, 0.2) is 48.5 Å². The van der Waals surface area contributed by atoms with Crippen LogP contribution in [-0.2, 0) is 0 Å². The van der Waals surface area contributed by atoms with E-state index in [2.05, 4.69) is 74.6 Å². The Bertz CT molecular complexity index is 615. The number of benzene rings is 2. The summed E-state index contributed by atoms with van der Waals surface area (Å²) in [5, 5.41) is 3.75. The third-order valence-electron chi connectivity index (χ3n) is 4.68. The monoisotopic (exact) mass is 279 g/mol. The lowest BCUT2D eigenvalue weighted by atomic mass is 9.81. The van der Waals surface area contributed by atoms with Gasteiger partial charge in [0.2, 0.25) is 0 Å². The zero-order valence-corrected chi connectivity index (χ0v) is 13.3. The first-order valence-corrected chi connectivity index (χ1v) is 8.10. The summed E-state index contributed by atoms with van der Waals surface area (Å²) in [5.74, 6) is 1.26. The van der Waals surface area contributed by atoms with Crippen molar-refractivity contribution in [2.75, 3.05) is 5.32 Å². The van der Waals surface area contributed by atoms with Crippen molar-refractivity contribution in [2.45, 2.75) is 51.5 Å². The smallest absolute Gasteiger partial charge is 0.0516 e. The van der Waals surface area contributed by atoms with Crippen LogP contribution in [0.4, 0.5) is 5.69 Å². The van der Waals surface area contributed by atoms with E-state index in [-0.39, 0.29) is 0 Å². The van der Waals surface area contributed by atoms with Gasteiger partial charge in [-0.1, -0.05) is 57.2 Å². The quantitative estimate of drug-likeness (QED) is 0.742. The number of anilines is 1. The lowest BCUT2D eigenvalue weighted by molar-refractivity contribution is 0.534. The Morgan fingerprint density at radius 1 is 0.952 bits per heavy atom. The standard InChI is InChI=1S/C20H25N/c1-14(2)16-7-6-8-17(13-16)21-20-12-11-15(3)18-9-4-5-10-19(18)20/h4-10,13-15,20-21H,11-12H2,1-3H3. The molecule has 0 heterocycles. The molecule has 0 bridgehead atoms. The number of hydrogen-bond donors (Lipinski definition) is 1. The minimum absolute atomic E-state index is 0.444. The van der Waals surface area contributed by atoms with E-state index in [4.69, 9.17) is 0 Å². The fourth-order valence-corrected chi connectivity index (χ4v) is 3.34.